The fourth-order valence-electron chi connectivity index (χ4n) is 5.22. The number of amides is 2. The average molecular weight is 519 g/mol. The molecular formula is C29H38N6O3. The van der Waals surface area contributed by atoms with Gasteiger partial charge in [-0.1, -0.05) is 39.7 Å². The van der Waals surface area contributed by atoms with Gasteiger partial charge in [0.05, 0.1) is 5.52 Å². The van der Waals surface area contributed by atoms with Crippen LogP contribution in [0.3, 0.4) is 0 Å². The molecule has 1 aromatic carbocycles. The quantitative estimate of drug-likeness (QED) is 0.334. The molecule has 3 aromatic rings. The number of hydrogen-bond acceptors (Lipinski definition) is 6. The van der Waals surface area contributed by atoms with E-state index in [9.17, 15) is 14.4 Å². The molecule has 0 radical (unpaired) electrons. The van der Waals surface area contributed by atoms with Crippen LogP contribution in [0.4, 0.5) is 0 Å². The molecule has 2 atom stereocenters. The lowest BCUT2D eigenvalue weighted by Gasteiger charge is -2.31. The summed E-state index contributed by atoms with van der Waals surface area (Å²) in [7, 11) is 0. The number of nitrogens with zero attached hydrogens (tertiary/aromatic N) is 5. The van der Waals surface area contributed by atoms with E-state index in [0.717, 1.165) is 30.4 Å². The lowest BCUT2D eigenvalue weighted by Crippen LogP contribution is -2.50. The lowest BCUT2D eigenvalue weighted by molar-refractivity contribution is -0.141. The highest BCUT2D eigenvalue weighted by Crippen LogP contribution is 2.40. The first-order valence-corrected chi connectivity index (χ1v) is 13.4. The van der Waals surface area contributed by atoms with Crippen LogP contribution in [0.1, 0.15) is 76.6 Å². The first-order chi connectivity index (χ1) is 18.0. The number of carbonyl (C=O) groups excluding carboxylic acids is 3. The minimum absolute atomic E-state index is 0.0587. The molecule has 1 aliphatic rings. The molecule has 1 N–H and O–H groups in total. The average Bonchev–Trinajstić information content (AvgIpc) is 3.35. The number of hydrogen-bond donors (Lipinski definition) is 1. The molecule has 4 rings (SSSR count). The van der Waals surface area contributed by atoms with Crippen molar-refractivity contribution >= 4 is 28.5 Å². The van der Waals surface area contributed by atoms with Gasteiger partial charge in [-0.2, -0.15) is 5.10 Å². The first kappa shape index (κ1) is 27.4. The second kappa shape index (κ2) is 11.0. The zero-order valence-electron chi connectivity index (χ0n) is 23.2. The molecular weight excluding hydrogens is 480 g/mol. The third-order valence-electron chi connectivity index (χ3n) is 7.76. The van der Waals surface area contributed by atoms with E-state index in [1.807, 2.05) is 32.0 Å². The zero-order valence-corrected chi connectivity index (χ0v) is 23.2. The number of aryl methyl sites for hydroxylation is 1. The monoisotopic (exact) mass is 518 g/mol. The van der Waals surface area contributed by atoms with Crippen molar-refractivity contribution in [3.05, 3.63) is 42.1 Å². The SMILES string of the molecule is CCCCCNC(=O)[C@@H]1CC(C)(C)[C@@H](C)N1C(=O)Cn1nc(C(C)=O)c2cc(-c3cnc(C)nc3)ccc21. The van der Waals surface area contributed by atoms with E-state index >= 15 is 0 Å². The van der Waals surface area contributed by atoms with E-state index in [1.54, 1.807) is 22.0 Å². The van der Waals surface area contributed by atoms with Crippen molar-refractivity contribution in [2.24, 2.45) is 5.41 Å². The number of fused-ring (bicyclic) bond motifs is 1. The summed E-state index contributed by atoms with van der Waals surface area (Å²) in [6.07, 6.45) is 7.14. The number of carbonyl (C=O) groups is 3. The normalized spacial score (nSPS) is 18.6. The van der Waals surface area contributed by atoms with Crippen LogP contribution >= 0.6 is 0 Å². The maximum atomic E-state index is 13.7. The highest BCUT2D eigenvalue weighted by molar-refractivity contribution is 6.06. The molecule has 0 aliphatic carbocycles. The van der Waals surface area contributed by atoms with E-state index in [2.05, 4.69) is 41.2 Å². The van der Waals surface area contributed by atoms with Gasteiger partial charge >= 0.3 is 0 Å². The van der Waals surface area contributed by atoms with E-state index in [0.29, 0.717) is 35.4 Å². The van der Waals surface area contributed by atoms with Crippen LogP contribution in [0.15, 0.2) is 30.6 Å². The summed E-state index contributed by atoms with van der Waals surface area (Å²) in [6.45, 7) is 12.2. The van der Waals surface area contributed by atoms with Crippen LogP contribution in [0, 0.1) is 12.3 Å². The van der Waals surface area contributed by atoms with Crippen molar-refractivity contribution in [1.29, 1.82) is 0 Å². The molecule has 3 heterocycles. The second-order valence-corrected chi connectivity index (χ2v) is 11.0. The summed E-state index contributed by atoms with van der Waals surface area (Å²) in [4.78, 5) is 49.6. The van der Waals surface area contributed by atoms with Crippen LogP contribution in [0.5, 0.6) is 0 Å². The predicted octanol–water partition coefficient (Wildman–Crippen LogP) is 4.33. The largest absolute Gasteiger partial charge is 0.354 e. The van der Waals surface area contributed by atoms with Gasteiger partial charge in [0.2, 0.25) is 11.8 Å². The van der Waals surface area contributed by atoms with Gasteiger partial charge in [0.25, 0.3) is 0 Å². The molecule has 1 fully saturated rings. The number of nitrogens with one attached hydrogen (secondary N) is 1. The highest BCUT2D eigenvalue weighted by Gasteiger charge is 2.49. The number of ketones is 1. The number of likely N-dealkylation sites (tertiary alicyclic amines) is 1. The lowest BCUT2D eigenvalue weighted by atomic mass is 9.84. The summed E-state index contributed by atoms with van der Waals surface area (Å²) in [5.41, 5.74) is 2.48. The van der Waals surface area contributed by atoms with Gasteiger partial charge < -0.3 is 10.2 Å². The van der Waals surface area contributed by atoms with Crippen LogP contribution in [0.2, 0.25) is 0 Å². The Kier molecular flexibility index (Phi) is 7.94. The van der Waals surface area contributed by atoms with Crippen molar-refractivity contribution in [3.63, 3.8) is 0 Å². The Labute approximate surface area is 224 Å². The summed E-state index contributed by atoms with van der Waals surface area (Å²) < 4.78 is 1.58. The molecule has 202 valence electrons. The molecule has 9 heteroatoms. The number of rotatable bonds is 9. The first-order valence-electron chi connectivity index (χ1n) is 13.4. The standard InChI is InChI=1S/C29H38N6O3/c1-7-8-9-12-30-28(38)25-14-29(5,6)19(3)35(25)26(37)17-34-24-11-10-21(22-15-31-20(4)32-16-22)13-23(24)27(33-34)18(2)36/h10-11,13,15-16,19,25H,7-9,12,14,17H2,1-6H3,(H,30,38)/t19-,25+/m1/s1. The van der Waals surface area contributed by atoms with Crippen molar-refractivity contribution in [2.45, 2.75) is 85.9 Å². The summed E-state index contributed by atoms with van der Waals surface area (Å²) in [5.74, 6) is 0.204. The Morgan fingerprint density at radius 2 is 1.82 bits per heavy atom. The molecule has 0 unspecified atom stereocenters. The topological polar surface area (TPSA) is 110 Å². The Balaban J connectivity index is 1.62. The van der Waals surface area contributed by atoms with Gasteiger partial charge in [-0.3, -0.25) is 19.1 Å². The Hall–Kier alpha value is -3.62. The molecule has 0 bridgehead atoms. The van der Waals surface area contributed by atoms with Crippen LogP contribution in [-0.4, -0.2) is 60.9 Å². The molecule has 0 spiro atoms. The van der Waals surface area contributed by atoms with Crippen molar-refractivity contribution in [2.75, 3.05) is 6.54 Å². The van der Waals surface area contributed by atoms with Gasteiger partial charge in [-0.15, -0.1) is 0 Å². The zero-order chi connectivity index (χ0) is 27.6. The van der Waals surface area contributed by atoms with Gasteiger partial charge in [0, 0.05) is 42.9 Å². The second-order valence-electron chi connectivity index (χ2n) is 11.0. The third-order valence-corrected chi connectivity index (χ3v) is 7.76. The van der Waals surface area contributed by atoms with Gasteiger partial charge in [0.1, 0.15) is 24.1 Å². The number of Topliss-reactive ketones (excluding diaryl/α,β-unsaturated/α-hetero) is 1. The smallest absolute Gasteiger partial charge is 0.245 e. The Morgan fingerprint density at radius 1 is 1.11 bits per heavy atom. The number of benzene rings is 1. The van der Waals surface area contributed by atoms with Crippen LogP contribution in [-0.2, 0) is 16.1 Å². The van der Waals surface area contributed by atoms with Crippen LogP contribution < -0.4 is 5.32 Å². The number of aromatic nitrogens is 4. The molecule has 0 saturated carbocycles. The van der Waals surface area contributed by atoms with Crippen molar-refractivity contribution < 1.29 is 14.4 Å². The maximum absolute atomic E-state index is 13.7. The van der Waals surface area contributed by atoms with Crippen LogP contribution in [0.25, 0.3) is 22.0 Å². The van der Waals surface area contributed by atoms with Gasteiger partial charge in [-0.25, -0.2) is 9.97 Å². The Morgan fingerprint density at radius 3 is 2.47 bits per heavy atom. The summed E-state index contributed by atoms with van der Waals surface area (Å²) in [6, 6.07) is 5.02. The molecule has 2 amide bonds. The minimum Gasteiger partial charge on any atom is -0.354 e. The molecule has 38 heavy (non-hydrogen) atoms. The third kappa shape index (κ3) is 5.47. The molecule has 2 aromatic heterocycles. The predicted molar refractivity (Wildman–Crippen MR) is 147 cm³/mol. The van der Waals surface area contributed by atoms with E-state index in [-0.39, 0.29) is 35.6 Å². The van der Waals surface area contributed by atoms with E-state index in [4.69, 9.17) is 0 Å². The Bertz CT molecular complexity index is 1340. The fraction of sp³-hybridized carbons (Fsp3) is 0.517. The van der Waals surface area contributed by atoms with Crippen molar-refractivity contribution in [1.82, 2.24) is 30.0 Å². The highest BCUT2D eigenvalue weighted by atomic mass is 16.2. The molecule has 1 saturated heterocycles. The molecule has 1 aliphatic heterocycles. The fourth-order valence-corrected chi connectivity index (χ4v) is 5.22. The van der Waals surface area contributed by atoms with E-state index in [1.165, 1.54) is 6.92 Å². The maximum Gasteiger partial charge on any atom is 0.245 e. The van der Waals surface area contributed by atoms with Gasteiger partial charge in [-0.05, 0) is 49.8 Å². The number of unbranched alkanes of at least 4 members (excludes halogenated alkanes) is 2. The van der Waals surface area contributed by atoms with E-state index < -0.39 is 6.04 Å². The summed E-state index contributed by atoms with van der Waals surface area (Å²) >= 11 is 0. The minimum atomic E-state index is -0.531. The van der Waals surface area contributed by atoms with Crippen molar-refractivity contribution in [3.8, 4) is 11.1 Å². The van der Waals surface area contributed by atoms with Gasteiger partial charge in [0.15, 0.2) is 5.78 Å². The summed E-state index contributed by atoms with van der Waals surface area (Å²) in [5, 5.41) is 8.24. The molecule has 9 nitrogen and oxygen atoms in total.